The van der Waals surface area contributed by atoms with Crippen LogP contribution in [0.5, 0.6) is 0 Å². The maximum atomic E-state index is 12.5. The molecular weight excluding hydrogens is 416 g/mol. The quantitative estimate of drug-likeness (QED) is 0.404. The highest BCUT2D eigenvalue weighted by Gasteiger charge is 2.16. The van der Waals surface area contributed by atoms with Crippen molar-refractivity contribution in [1.29, 1.82) is 0 Å². The van der Waals surface area contributed by atoms with Gasteiger partial charge in [0.2, 0.25) is 11.0 Å². The van der Waals surface area contributed by atoms with Crippen molar-refractivity contribution in [1.82, 2.24) is 14.8 Å². The second kappa shape index (κ2) is 9.49. The van der Waals surface area contributed by atoms with Gasteiger partial charge in [-0.2, -0.15) is 5.10 Å². The van der Waals surface area contributed by atoms with Gasteiger partial charge in [0, 0.05) is 28.7 Å². The highest BCUT2D eigenvalue weighted by molar-refractivity contribution is 7.12. The van der Waals surface area contributed by atoms with Gasteiger partial charge in [0.15, 0.2) is 0 Å². The molecule has 2 aromatic heterocycles. The Kier molecular flexibility index (Phi) is 6.51. The highest BCUT2D eigenvalue weighted by Crippen LogP contribution is 2.23. The number of nitrogens with zero attached hydrogens (tertiary/aromatic N) is 3. The molecule has 32 heavy (non-hydrogen) atoms. The molecule has 1 amide bonds. The molecule has 0 radical (unpaired) electrons. The van der Waals surface area contributed by atoms with Gasteiger partial charge in [-0.25, -0.2) is 9.67 Å². The first-order valence-corrected chi connectivity index (χ1v) is 11.7. The number of hydrogen-bond acceptors (Lipinski definition) is 4. The Morgan fingerprint density at radius 1 is 1.00 bits per heavy atom. The number of hydrogen-bond donors (Lipinski definition) is 1. The average Bonchev–Trinajstić information content (AvgIpc) is 3.35. The maximum absolute atomic E-state index is 12.5. The summed E-state index contributed by atoms with van der Waals surface area (Å²) >= 11 is 1.51. The Balaban J connectivity index is 1.45. The van der Waals surface area contributed by atoms with Crippen LogP contribution in [0.25, 0.3) is 5.13 Å². The first kappa shape index (κ1) is 22.0. The van der Waals surface area contributed by atoms with Crippen molar-refractivity contribution in [2.24, 2.45) is 0 Å². The van der Waals surface area contributed by atoms with Gasteiger partial charge >= 0.3 is 0 Å². The van der Waals surface area contributed by atoms with Crippen LogP contribution in [0.15, 0.2) is 53.9 Å². The Bertz CT molecular complexity index is 1220. The van der Waals surface area contributed by atoms with Crippen molar-refractivity contribution >= 4 is 22.9 Å². The van der Waals surface area contributed by atoms with Crippen LogP contribution < -0.4 is 5.32 Å². The number of benzene rings is 2. The predicted octanol–water partition coefficient (Wildman–Crippen LogP) is 5.59. The fourth-order valence-corrected chi connectivity index (χ4v) is 4.52. The first-order valence-electron chi connectivity index (χ1n) is 10.9. The van der Waals surface area contributed by atoms with Gasteiger partial charge in [-0.15, -0.1) is 11.3 Å². The van der Waals surface area contributed by atoms with E-state index in [1.165, 1.54) is 33.6 Å². The SMILES string of the molecule is CCc1ccc(NC(=O)Cc2csc(-n3nc(C)c(Cc4ccc(C)cc4)c3C)n2)cc1. The van der Waals surface area contributed by atoms with Crippen LogP contribution in [0.3, 0.4) is 0 Å². The van der Waals surface area contributed by atoms with Crippen LogP contribution in [-0.2, 0) is 24.1 Å². The van der Waals surface area contributed by atoms with Crippen LogP contribution in [0.2, 0.25) is 0 Å². The van der Waals surface area contributed by atoms with Crippen molar-refractivity contribution in [3.63, 3.8) is 0 Å². The number of anilines is 1. The standard InChI is InChI=1S/C26H28N4OS/c1-5-20-10-12-22(13-11-20)27-25(31)15-23-16-32-26(28-23)30-19(4)24(18(3)29-30)14-21-8-6-17(2)7-9-21/h6-13,16H,5,14-15H2,1-4H3,(H,27,31). The zero-order valence-corrected chi connectivity index (χ0v) is 19.8. The summed E-state index contributed by atoms with van der Waals surface area (Å²) < 4.78 is 1.90. The summed E-state index contributed by atoms with van der Waals surface area (Å²) in [5.74, 6) is -0.0699. The van der Waals surface area contributed by atoms with Gasteiger partial charge in [0.05, 0.1) is 17.8 Å². The molecule has 0 aliphatic rings. The third-order valence-electron chi connectivity index (χ3n) is 5.65. The molecule has 0 unspecified atom stereocenters. The molecule has 0 saturated carbocycles. The fourth-order valence-electron chi connectivity index (χ4n) is 3.70. The largest absolute Gasteiger partial charge is 0.326 e. The first-order chi connectivity index (χ1) is 15.4. The number of nitrogens with one attached hydrogen (secondary N) is 1. The van der Waals surface area contributed by atoms with E-state index in [1.807, 2.05) is 41.3 Å². The van der Waals surface area contributed by atoms with Crippen molar-refractivity contribution in [3.8, 4) is 5.13 Å². The van der Waals surface area contributed by atoms with E-state index < -0.39 is 0 Å². The number of aryl methyl sites for hydroxylation is 3. The molecule has 0 fully saturated rings. The van der Waals surface area contributed by atoms with Crippen molar-refractivity contribution < 1.29 is 4.79 Å². The van der Waals surface area contributed by atoms with E-state index in [2.05, 4.69) is 55.3 Å². The van der Waals surface area contributed by atoms with Crippen LogP contribution in [0, 0.1) is 20.8 Å². The van der Waals surface area contributed by atoms with E-state index in [1.54, 1.807) is 0 Å². The third-order valence-corrected chi connectivity index (χ3v) is 6.52. The number of rotatable bonds is 7. The number of thiazole rings is 1. The molecule has 0 atom stereocenters. The zero-order valence-electron chi connectivity index (χ0n) is 19.0. The second-order valence-electron chi connectivity index (χ2n) is 8.12. The number of aromatic nitrogens is 3. The van der Waals surface area contributed by atoms with E-state index in [9.17, 15) is 4.79 Å². The van der Waals surface area contributed by atoms with E-state index in [-0.39, 0.29) is 12.3 Å². The summed E-state index contributed by atoms with van der Waals surface area (Å²) in [4.78, 5) is 17.1. The summed E-state index contributed by atoms with van der Waals surface area (Å²) in [5.41, 5.74) is 8.65. The molecule has 2 heterocycles. The highest BCUT2D eigenvalue weighted by atomic mass is 32.1. The lowest BCUT2D eigenvalue weighted by atomic mass is 10.0. The Morgan fingerprint density at radius 2 is 1.69 bits per heavy atom. The molecule has 6 heteroatoms. The summed E-state index contributed by atoms with van der Waals surface area (Å²) in [6.45, 7) is 8.33. The fraction of sp³-hybridized carbons (Fsp3) is 0.269. The van der Waals surface area contributed by atoms with Gasteiger partial charge in [0.25, 0.3) is 0 Å². The Hall–Kier alpha value is -3.25. The maximum Gasteiger partial charge on any atom is 0.230 e. The monoisotopic (exact) mass is 444 g/mol. The molecular formula is C26H28N4OS. The molecule has 164 valence electrons. The molecule has 2 aromatic carbocycles. The lowest BCUT2D eigenvalue weighted by Crippen LogP contribution is -2.14. The van der Waals surface area contributed by atoms with Gasteiger partial charge in [-0.05, 0) is 50.5 Å². The third kappa shape index (κ3) is 4.97. The van der Waals surface area contributed by atoms with E-state index in [0.717, 1.165) is 40.7 Å². The average molecular weight is 445 g/mol. The molecule has 1 N–H and O–H groups in total. The van der Waals surface area contributed by atoms with Crippen LogP contribution in [0.1, 0.15) is 46.3 Å². The van der Waals surface area contributed by atoms with E-state index >= 15 is 0 Å². The normalized spacial score (nSPS) is 11.0. The Morgan fingerprint density at radius 3 is 2.38 bits per heavy atom. The Labute approximate surface area is 193 Å². The molecule has 0 aliphatic heterocycles. The minimum absolute atomic E-state index is 0.0699. The van der Waals surface area contributed by atoms with Gasteiger partial charge in [-0.1, -0.05) is 48.9 Å². The van der Waals surface area contributed by atoms with Gasteiger partial charge in [0.1, 0.15) is 0 Å². The minimum atomic E-state index is -0.0699. The number of carbonyl (C=O) groups is 1. The molecule has 5 nitrogen and oxygen atoms in total. The molecule has 0 spiro atoms. The predicted molar refractivity (Wildman–Crippen MR) is 131 cm³/mol. The second-order valence-corrected chi connectivity index (χ2v) is 8.96. The summed E-state index contributed by atoms with van der Waals surface area (Å²) in [7, 11) is 0. The van der Waals surface area contributed by atoms with Crippen molar-refractivity contribution in [2.45, 2.75) is 47.0 Å². The van der Waals surface area contributed by atoms with Gasteiger partial charge in [-0.3, -0.25) is 4.79 Å². The van der Waals surface area contributed by atoms with E-state index in [4.69, 9.17) is 5.10 Å². The lowest BCUT2D eigenvalue weighted by Gasteiger charge is -2.05. The molecule has 0 saturated heterocycles. The van der Waals surface area contributed by atoms with Crippen molar-refractivity contribution in [2.75, 3.05) is 5.32 Å². The van der Waals surface area contributed by atoms with Gasteiger partial charge < -0.3 is 5.32 Å². The van der Waals surface area contributed by atoms with Crippen LogP contribution >= 0.6 is 11.3 Å². The lowest BCUT2D eigenvalue weighted by molar-refractivity contribution is -0.115. The zero-order chi connectivity index (χ0) is 22.7. The molecule has 4 aromatic rings. The minimum Gasteiger partial charge on any atom is -0.326 e. The van der Waals surface area contributed by atoms with E-state index in [0.29, 0.717) is 0 Å². The van der Waals surface area contributed by atoms with Crippen molar-refractivity contribution in [3.05, 3.63) is 93.2 Å². The smallest absolute Gasteiger partial charge is 0.230 e. The van der Waals surface area contributed by atoms with Crippen LogP contribution in [-0.4, -0.2) is 20.7 Å². The topological polar surface area (TPSA) is 59.8 Å². The number of carbonyl (C=O) groups excluding carboxylic acids is 1. The summed E-state index contributed by atoms with van der Waals surface area (Å²) in [5, 5.41) is 10.4. The molecule has 4 rings (SSSR count). The molecule has 0 bridgehead atoms. The van der Waals surface area contributed by atoms with Crippen LogP contribution in [0.4, 0.5) is 5.69 Å². The molecule has 0 aliphatic carbocycles. The number of amides is 1. The summed E-state index contributed by atoms with van der Waals surface area (Å²) in [6, 6.07) is 16.6. The summed E-state index contributed by atoms with van der Waals surface area (Å²) in [6.07, 6.45) is 2.06.